The highest BCUT2D eigenvalue weighted by Gasteiger charge is 2.21. The van der Waals surface area contributed by atoms with Crippen LogP contribution in [0, 0.1) is 5.92 Å². The van der Waals surface area contributed by atoms with Crippen LogP contribution in [0.2, 0.25) is 5.02 Å². The molecular weight excluding hydrogens is 206 g/mol. The van der Waals surface area contributed by atoms with Gasteiger partial charge in [-0.25, -0.2) is 0 Å². The van der Waals surface area contributed by atoms with Gasteiger partial charge in [-0.2, -0.15) is 0 Å². The smallest absolute Gasteiger partial charge is 0.178 e. The Morgan fingerprint density at radius 2 is 2.23 bits per heavy atom. The van der Waals surface area contributed by atoms with Gasteiger partial charge >= 0.3 is 0 Å². The van der Waals surface area contributed by atoms with Crippen molar-refractivity contribution in [3.63, 3.8) is 0 Å². The molecule has 0 saturated carbocycles. The fourth-order valence-electron chi connectivity index (χ4n) is 0.915. The Balaban J connectivity index is 2.86. The number of Topliss-reactive ketones (excluding diaryl/α,β-unsaturated/α-hetero) is 1. The van der Waals surface area contributed by atoms with Crippen LogP contribution in [0.3, 0.4) is 0 Å². The number of hydrogen-bond acceptors (Lipinski definition) is 3. The monoisotopic (exact) mass is 217 g/mol. The van der Waals surface area contributed by atoms with Crippen molar-refractivity contribution in [3.05, 3.63) is 21.3 Å². The van der Waals surface area contributed by atoms with Gasteiger partial charge in [0.05, 0.1) is 9.90 Å². The van der Waals surface area contributed by atoms with Gasteiger partial charge in [0.15, 0.2) is 5.78 Å². The molecule has 1 heterocycles. The van der Waals surface area contributed by atoms with Crippen LogP contribution < -0.4 is 5.73 Å². The second-order valence-electron chi connectivity index (χ2n) is 3.11. The van der Waals surface area contributed by atoms with Crippen LogP contribution in [0.4, 0.5) is 0 Å². The topological polar surface area (TPSA) is 43.1 Å². The molecular formula is C9H12ClNOS. The van der Waals surface area contributed by atoms with E-state index in [1.54, 1.807) is 6.07 Å². The summed E-state index contributed by atoms with van der Waals surface area (Å²) in [5.74, 6) is -0.133. The van der Waals surface area contributed by atoms with Crippen molar-refractivity contribution in [3.8, 4) is 0 Å². The minimum Gasteiger partial charge on any atom is -0.327 e. The van der Waals surface area contributed by atoms with Gasteiger partial charge in [-0.1, -0.05) is 18.5 Å². The highest BCUT2D eigenvalue weighted by molar-refractivity contribution is 7.12. The van der Waals surface area contributed by atoms with E-state index in [-0.39, 0.29) is 17.7 Å². The zero-order valence-corrected chi connectivity index (χ0v) is 9.15. The number of carbonyl (C=O) groups is 1. The van der Waals surface area contributed by atoms with Crippen molar-refractivity contribution in [2.75, 3.05) is 0 Å². The maximum atomic E-state index is 11.7. The molecule has 0 aliphatic rings. The first kappa shape index (κ1) is 10.7. The molecule has 0 fully saturated rings. The van der Waals surface area contributed by atoms with Crippen LogP contribution in [-0.2, 0) is 0 Å². The molecule has 0 amide bonds. The molecule has 1 aromatic heterocycles. The molecule has 0 aromatic carbocycles. The molecule has 2 atom stereocenters. The summed E-state index contributed by atoms with van der Waals surface area (Å²) in [6, 6.07) is 1.60. The molecule has 2 unspecified atom stereocenters. The van der Waals surface area contributed by atoms with Gasteiger partial charge < -0.3 is 5.73 Å². The standard InChI is InChI=1S/C9H12ClNOS/c1-5(6(2)11)8(12)9-7(10)3-4-13-9/h3-6H,11H2,1-2H3. The first-order valence-electron chi connectivity index (χ1n) is 4.06. The summed E-state index contributed by atoms with van der Waals surface area (Å²) >= 11 is 7.20. The molecule has 2 nitrogen and oxygen atoms in total. The van der Waals surface area contributed by atoms with Crippen LogP contribution in [0.15, 0.2) is 11.4 Å². The normalized spacial score (nSPS) is 15.4. The van der Waals surface area contributed by atoms with Crippen LogP contribution in [-0.4, -0.2) is 11.8 Å². The average Bonchev–Trinajstić information content (AvgIpc) is 2.48. The third-order valence-corrected chi connectivity index (χ3v) is 3.40. The van der Waals surface area contributed by atoms with Crippen molar-refractivity contribution in [2.45, 2.75) is 19.9 Å². The number of carbonyl (C=O) groups excluding carboxylic acids is 1. The van der Waals surface area contributed by atoms with Crippen LogP contribution >= 0.6 is 22.9 Å². The molecule has 1 aromatic rings. The Labute approximate surface area is 86.7 Å². The lowest BCUT2D eigenvalue weighted by molar-refractivity contribution is 0.0921. The molecule has 1 rings (SSSR count). The average molecular weight is 218 g/mol. The van der Waals surface area contributed by atoms with E-state index in [1.807, 2.05) is 19.2 Å². The number of rotatable bonds is 3. The number of halogens is 1. The number of ketones is 1. The minimum atomic E-state index is -0.170. The van der Waals surface area contributed by atoms with E-state index in [2.05, 4.69) is 0 Å². The number of thiophene rings is 1. The van der Waals surface area contributed by atoms with Crippen LogP contribution in [0.25, 0.3) is 0 Å². The summed E-state index contributed by atoms with van der Waals surface area (Å²) in [6.45, 7) is 3.65. The quantitative estimate of drug-likeness (QED) is 0.791. The minimum absolute atomic E-state index is 0.0370. The van der Waals surface area contributed by atoms with E-state index in [0.717, 1.165) is 0 Å². The highest BCUT2D eigenvalue weighted by atomic mass is 35.5. The largest absolute Gasteiger partial charge is 0.327 e. The Hall–Kier alpha value is -0.380. The van der Waals surface area contributed by atoms with Gasteiger partial charge in [-0.05, 0) is 18.4 Å². The predicted molar refractivity (Wildman–Crippen MR) is 56.5 cm³/mol. The lowest BCUT2D eigenvalue weighted by atomic mass is 9.98. The molecule has 0 aliphatic carbocycles. The van der Waals surface area contributed by atoms with Crippen molar-refractivity contribution >= 4 is 28.7 Å². The molecule has 13 heavy (non-hydrogen) atoms. The molecule has 2 N–H and O–H groups in total. The molecule has 0 aliphatic heterocycles. The SMILES string of the molecule is CC(N)C(C)C(=O)c1sccc1Cl. The van der Waals surface area contributed by atoms with E-state index >= 15 is 0 Å². The van der Waals surface area contributed by atoms with Gasteiger partial charge in [-0.15, -0.1) is 11.3 Å². The Kier molecular flexibility index (Phi) is 3.47. The maximum Gasteiger partial charge on any atom is 0.178 e. The summed E-state index contributed by atoms with van der Waals surface area (Å²) in [5, 5.41) is 2.34. The number of hydrogen-bond donors (Lipinski definition) is 1. The van der Waals surface area contributed by atoms with Gasteiger partial charge in [-0.3, -0.25) is 4.79 Å². The zero-order chi connectivity index (χ0) is 10.0. The van der Waals surface area contributed by atoms with Crippen LogP contribution in [0.1, 0.15) is 23.5 Å². The molecule has 0 bridgehead atoms. The van der Waals surface area contributed by atoms with E-state index in [9.17, 15) is 4.79 Å². The Morgan fingerprint density at radius 1 is 1.62 bits per heavy atom. The maximum absolute atomic E-state index is 11.7. The highest BCUT2D eigenvalue weighted by Crippen LogP contribution is 2.25. The third-order valence-electron chi connectivity index (χ3n) is 2.04. The first-order valence-corrected chi connectivity index (χ1v) is 5.32. The predicted octanol–water partition coefficient (Wildman–Crippen LogP) is 2.57. The second-order valence-corrected chi connectivity index (χ2v) is 4.43. The summed E-state index contributed by atoms with van der Waals surface area (Å²) < 4.78 is 0. The van der Waals surface area contributed by atoms with Gasteiger partial charge in [0.1, 0.15) is 0 Å². The molecule has 0 saturated heterocycles. The fourth-order valence-corrected chi connectivity index (χ4v) is 2.10. The van der Waals surface area contributed by atoms with E-state index in [1.165, 1.54) is 11.3 Å². The summed E-state index contributed by atoms with van der Waals surface area (Å²) in [7, 11) is 0. The van der Waals surface area contributed by atoms with E-state index in [4.69, 9.17) is 17.3 Å². The van der Waals surface area contributed by atoms with Crippen LogP contribution in [0.5, 0.6) is 0 Å². The molecule has 0 spiro atoms. The fraction of sp³-hybridized carbons (Fsp3) is 0.444. The number of nitrogens with two attached hydrogens (primary N) is 1. The molecule has 4 heteroatoms. The second kappa shape index (κ2) is 4.22. The van der Waals surface area contributed by atoms with Crippen molar-refractivity contribution < 1.29 is 4.79 Å². The Bertz CT molecular complexity index is 308. The van der Waals surface area contributed by atoms with Gasteiger partial charge in [0, 0.05) is 12.0 Å². The molecule has 72 valence electrons. The summed E-state index contributed by atoms with van der Waals surface area (Å²) in [5.41, 5.74) is 5.63. The lowest BCUT2D eigenvalue weighted by Gasteiger charge is -2.12. The van der Waals surface area contributed by atoms with Gasteiger partial charge in [0.2, 0.25) is 0 Å². The Morgan fingerprint density at radius 3 is 2.62 bits per heavy atom. The van der Waals surface area contributed by atoms with E-state index in [0.29, 0.717) is 9.90 Å². The van der Waals surface area contributed by atoms with Gasteiger partial charge in [0.25, 0.3) is 0 Å². The summed E-state index contributed by atoms with van der Waals surface area (Å²) in [4.78, 5) is 12.3. The van der Waals surface area contributed by atoms with Crippen molar-refractivity contribution in [2.24, 2.45) is 11.7 Å². The lowest BCUT2D eigenvalue weighted by Crippen LogP contribution is -2.30. The zero-order valence-electron chi connectivity index (χ0n) is 7.58. The van der Waals surface area contributed by atoms with Crippen molar-refractivity contribution in [1.29, 1.82) is 0 Å². The third kappa shape index (κ3) is 2.30. The van der Waals surface area contributed by atoms with Crippen molar-refractivity contribution in [1.82, 2.24) is 0 Å². The first-order chi connectivity index (χ1) is 6.04. The summed E-state index contributed by atoms with van der Waals surface area (Å²) in [6.07, 6.45) is 0. The molecule has 0 radical (unpaired) electrons. The van der Waals surface area contributed by atoms with E-state index < -0.39 is 0 Å².